The van der Waals surface area contributed by atoms with Crippen molar-refractivity contribution < 1.29 is 14.3 Å². The van der Waals surface area contributed by atoms with Crippen molar-refractivity contribution in [1.29, 1.82) is 0 Å². The summed E-state index contributed by atoms with van der Waals surface area (Å²) in [5.74, 6) is -1.05. The van der Waals surface area contributed by atoms with Crippen LogP contribution < -0.4 is 5.73 Å². The molecule has 4 heteroatoms. The maximum atomic E-state index is 11.1. The summed E-state index contributed by atoms with van der Waals surface area (Å²) in [6.45, 7) is 3.42. The molecule has 2 aliphatic rings. The molecule has 1 amide bonds. The van der Waals surface area contributed by atoms with E-state index in [0.717, 1.165) is 18.4 Å². The van der Waals surface area contributed by atoms with E-state index in [9.17, 15) is 4.79 Å². The third kappa shape index (κ3) is 1.56. The molecule has 3 rings (SSSR count). The summed E-state index contributed by atoms with van der Waals surface area (Å²) in [4.78, 5) is 11.1. The van der Waals surface area contributed by atoms with Crippen LogP contribution in [0.25, 0.3) is 0 Å². The van der Waals surface area contributed by atoms with Gasteiger partial charge in [0.1, 0.15) is 0 Å². The van der Waals surface area contributed by atoms with Crippen molar-refractivity contribution >= 4 is 5.91 Å². The van der Waals surface area contributed by atoms with E-state index < -0.39 is 11.7 Å². The average molecular weight is 247 g/mol. The normalized spacial score (nSPS) is 23.8. The lowest BCUT2D eigenvalue weighted by atomic mass is 9.89. The molecule has 1 heterocycles. The summed E-state index contributed by atoms with van der Waals surface area (Å²) in [7, 11) is 0. The molecular formula is C14H17NO3. The van der Waals surface area contributed by atoms with Gasteiger partial charge < -0.3 is 15.2 Å². The van der Waals surface area contributed by atoms with Crippen LogP contribution in [0, 0.1) is 5.41 Å². The number of benzene rings is 1. The zero-order chi connectivity index (χ0) is 12.8. The Morgan fingerprint density at radius 1 is 1.17 bits per heavy atom. The molecule has 4 nitrogen and oxygen atoms in total. The van der Waals surface area contributed by atoms with Crippen LogP contribution in [-0.4, -0.2) is 19.1 Å². The lowest BCUT2D eigenvalue weighted by Gasteiger charge is -2.34. The van der Waals surface area contributed by atoms with Crippen molar-refractivity contribution in [2.75, 3.05) is 13.2 Å². The molecule has 1 aromatic carbocycles. The van der Waals surface area contributed by atoms with Gasteiger partial charge in [-0.05, 0) is 25.0 Å². The highest BCUT2D eigenvalue weighted by molar-refractivity contribution is 5.92. The van der Waals surface area contributed by atoms with Gasteiger partial charge in [0, 0.05) is 16.5 Å². The van der Waals surface area contributed by atoms with Crippen molar-refractivity contribution in [3.63, 3.8) is 0 Å². The predicted octanol–water partition coefficient (Wildman–Crippen LogP) is 1.79. The van der Waals surface area contributed by atoms with Gasteiger partial charge in [0.05, 0.1) is 13.2 Å². The van der Waals surface area contributed by atoms with Gasteiger partial charge in [0.2, 0.25) is 5.91 Å². The zero-order valence-corrected chi connectivity index (χ0v) is 10.4. The lowest BCUT2D eigenvalue weighted by Crippen LogP contribution is -2.36. The van der Waals surface area contributed by atoms with E-state index in [1.54, 1.807) is 12.1 Å². The lowest BCUT2D eigenvalue weighted by molar-refractivity contribution is -0.212. The number of carbonyl (C=O) groups excluding carboxylic acids is 1. The molecule has 1 saturated carbocycles. The first-order valence-corrected chi connectivity index (χ1v) is 6.26. The Labute approximate surface area is 106 Å². The minimum absolute atomic E-state index is 0.0533. The number of hydrogen-bond acceptors (Lipinski definition) is 3. The fourth-order valence-corrected chi connectivity index (χ4v) is 2.65. The van der Waals surface area contributed by atoms with Crippen LogP contribution in [0.2, 0.25) is 0 Å². The molecule has 1 aliphatic carbocycles. The number of carbonyl (C=O) groups is 1. The van der Waals surface area contributed by atoms with Crippen molar-refractivity contribution in [2.45, 2.75) is 25.6 Å². The molecule has 0 atom stereocenters. The summed E-state index contributed by atoms with van der Waals surface area (Å²) in [6.07, 6.45) is 2.20. The van der Waals surface area contributed by atoms with Gasteiger partial charge in [-0.1, -0.05) is 19.1 Å². The SMILES string of the molecule is CC1(C2(c3ccc(C(N)=O)cc3)OCCO2)CC1. The standard InChI is InChI=1S/C14H17NO3/c1-13(6-7-13)14(17-8-9-18-14)11-4-2-10(3-5-11)12(15)16/h2-5H,6-9H2,1H3,(H2,15,16). The maximum Gasteiger partial charge on any atom is 0.248 e. The molecule has 0 spiro atoms. The topological polar surface area (TPSA) is 61.6 Å². The van der Waals surface area contributed by atoms with Crippen LogP contribution in [0.1, 0.15) is 35.7 Å². The molecule has 96 valence electrons. The summed E-state index contributed by atoms with van der Waals surface area (Å²) < 4.78 is 11.8. The zero-order valence-electron chi connectivity index (χ0n) is 10.4. The second-order valence-electron chi connectivity index (χ2n) is 5.32. The molecule has 1 saturated heterocycles. The summed E-state index contributed by atoms with van der Waals surface area (Å²) in [6, 6.07) is 7.23. The van der Waals surface area contributed by atoms with Crippen molar-refractivity contribution in [1.82, 2.24) is 0 Å². The van der Waals surface area contributed by atoms with Gasteiger partial charge in [0.15, 0.2) is 5.79 Å². The molecule has 1 aliphatic heterocycles. The molecule has 2 N–H and O–H groups in total. The molecule has 0 bridgehead atoms. The molecule has 0 aromatic heterocycles. The van der Waals surface area contributed by atoms with Crippen LogP contribution in [-0.2, 0) is 15.3 Å². The van der Waals surface area contributed by atoms with Gasteiger partial charge in [-0.15, -0.1) is 0 Å². The summed E-state index contributed by atoms with van der Waals surface area (Å²) in [5.41, 5.74) is 6.78. The first-order chi connectivity index (χ1) is 8.57. The van der Waals surface area contributed by atoms with E-state index in [1.165, 1.54) is 0 Å². The van der Waals surface area contributed by atoms with Crippen molar-refractivity contribution in [3.8, 4) is 0 Å². The number of ether oxygens (including phenoxy) is 2. The van der Waals surface area contributed by atoms with Gasteiger partial charge in [0.25, 0.3) is 0 Å². The monoisotopic (exact) mass is 247 g/mol. The number of rotatable bonds is 3. The smallest absolute Gasteiger partial charge is 0.248 e. The van der Waals surface area contributed by atoms with Crippen molar-refractivity contribution in [2.24, 2.45) is 11.1 Å². The molecule has 0 radical (unpaired) electrons. The van der Waals surface area contributed by atoms with E-state index in [2.05, 4.69) is 6.92 Å². The third-order valence-corrected chi connectivity index (χ3v) is 4.04. The highest BCUT2D eigenvalue weighted by Crippen LogP contribution is 2.61. The first-order valence-electron chi connectivity index (χ1n) is 6.26. The molecule has 1 aromatic rings. The minimum Gasteiger partial charge on any atom is -0.366 e. The highest BCUT2D eigenvalue weighted by atomic mass is 16.7. The Morgan fingerprint density at radius 3 is 2.17 bits per heavy atom. The average Bonchev–Trinajstić information content (AvgIpc) is 2.95. The Balaban J connectivity index is 1.98. The van der Waals surface area contributed by atoms with Gasteiger partial charge in [-0.25, -0.2) is 0 Å². The van der Waals surface area contributed by atoms with Crippen LogP contribution in [0.5, 0.6) is 0 Å². The maximum absolute atomic E-state index is 11.1. The van der Waals surface area contributed by atoms with Crippen LogP contribution in [0.15, 0.2) is 24.3 Å². The van der Waals surface area contributed by atoms with E-state index in [0.29, 0.717) is 18.8 Å². The van der Waals surface area contributed by atoms with Crippen LogP contribution in [0.4, 0.5) is 0 Å². The summed E-state index contributed by atoms with van der Waals surface area (Å²) in [5, 5.41) is 0. The number of nitrogens with two attached hydrogens (primary N) is 1. The first kappa shape index (κ1) is 11.7. The van der Waals surface area contributed by atoms with Gasteiger partial charge in [-0.3, -0.25) is 4.79 Å². The number of primary amides is 1. The Kier molecular flexibility index (Phi) is 2.47. The third-order valence-electron chi connectivity index (χ3n) is 4.04. The van der Waals surface area contributed by atoms with E-state index in [-0.39, 0.29) is 5.41 Å². The van der Waals surface area contributed by atoms with Gasteiger partial charge in [-0.2, -0.15) is 0 Å². The number of amides is 1. The molecular weight excluding hydrogens is 230 g/mol. The van der Waals surface area contributed by atoms with Gasteiger partial charge >= 0.3 is 0 Å². The predicted molar refractivity (Wildman–Crippen MR) is 65.9 cm³/mol. The highest BCUT2D eigenvalue weighted by Gasteiger charge is 2.60. The largest absolute Gasteiger partial charge is 0.366 e. The van der Waals surface area contributed by atoms with Crippen molar-refractivity contribution in [3.05, 3.63) is 35.4 Å². The Bertz CT molecular complexity index is 470. The second-order valence-corrected chi connectivity index (χ2v) is 5.32. The van der Waals surface area contributed by atoms with E-state index >= 15 is 0 Å². The Morgan fingerprint density at radius 2 is 1.72 bits per heavy atom. The van der Waals surface area contributed by atoms with E-state index in [4.69, 9.17) is 15.2 Å². The molecule has 18 heavy (non-hydrogen) atoms. The summed E-state index contributed by atoms with van der Waals surface area (Å²) >= 11 is 0. The molecule has 0 unspecified atom stereocenters. The second kappa shape index (κ2) is 3.80. The molecule has 2 fully saturated rings. The number of hydrogen-bond donors (Lipinski definition) is 1. The fourth-order valence-electron chi connectivity index (χ4n) is 2.65. The van der Waals surface area contributed by atoms with Crippen LogP contribution in [0.3, 0.4) is 0 Å². The van der Waals surface area contributed by atoms with E-state index in [1.807, 2.05) is 12.1 Å². The quantitative estimate of drug-likeness (QED) is 0.885. The van der Waals surface area contributed by atoms with Crippen LogP contribution >= 0.6 is 0 Å². The minimum atomic E-state index is -0.636. The Hall–Kier alpha value is -1.39. The fraction of sp³-hybridized carbons (Fsp3) is 0.500.